The number of nitrogens with zero attached hydrogens (tertiary/aromatic N) is 4. The number of thioether (sulfide) groups is 1. The number of ether oxygens (including phenoxy) is 1. The summed E-state index contributed by atoms with van der Waals surface area (Å²) in [6, 6.07) is 7.42. The zero-order valence-corrected chi connectivity index (χ0v) is 20.0. The van der Waals surface area contributed by atoms with Crippen molar-refractivity contribution in [3.8, 4) is 11.4 Å². The monoisotopic (exact) mass is 469 g/mol. The number of nitrogens with one attached hydrogen (secondary N) is 1. The number of hydrazone groups is 1. The summed E-state index contributed by atoms with van der Waals surface area (Å²) >= 11 is 7.61. The molecule has 0 unspecified atom stereocenters. The second-order valence-electron chi connectivity index (χ2n) is 7.60. The van der Waals surface area contributed by atoms with E-state index in [4.69, 9.17) is 21.7 Å². The number of aryl methyl sites for hydroxylation is 1. The molecule has 0 radical (unpaired) electrons. The van der Waals surface area contributed by atoms with E-state index < -0.39 is 5.91 Å². The Morgan fingerprint density at radius 3 is 2.78 bits per heavy atom. The van der Waals surface area contributed by atoms with Gasteiger partial charge in [-0.1, -0.05) is 24.9 Å². The molecule has 166 valence electrons. The third-order valence-electron chi connectivity index (χ3n) is 5.39. The van der Waals surface area contributed by atoms with Crippen molar-refractivity contribution >= 4 is 51.4 Å². The third kappa shape index (κ3) is 4.00. The lowest BCUT2D eigenvalue weighted by Gasteiger charge is -2.20. The van der Waals surface area contributed by atoms with Crippen LogP contribution < -0.4 is 4.74 Å². The van der Waals surface area contributed by atoms with Crippen LogP contribution in [0.1, 0.15) is 43.1 Å². The third-order valence-corrected chi connectivity index (χ3v) is 6.60. The Morgan fingerprint density at radius 1 is 1.28 bits per heavy atom. The van der Waals surface area contributed by atoms with Gasteiger partial charge in [0.2, 0.25) is 5.17 Å². The van der Waals surface area contributed by atoms with Crippen LogP contribution in [0.25, 0.3) is 11.8 Å². The summed E-state index contributed by atoms with van der Waals surface area (Å²) in [6.07, 6.45) is 4.60. The van der Waals surface area contributed by atoms with E-state index in [1.807, 2.05) is 36.6 Å². The average Bonchev–Trinajstić information content (AvgIpc) is 3.29. The quantitative estimate of drug-likeness (QED) is 0.561. The normalized spacial score (nSPS) is 17.0. The van der Waals surface area contributed by atoms with Gasteiger partial charge in [-0.3, -0.25) is 10.2 Å². The highest BCUT2D eigenvalue weighted by atomic mass is 35.5. The minimum Gasteiger partial charge on any atom is -0.495 e. The van der Waals surface area contributed by atoms with Crippen molar-refractivity contribution in [1.82, 2.24) is 9.58 Å². The lowest BCUT2D eigenvalue weighted by Crippen LogP contribution is -2.35. The molecule has 2 aromatic rings. The molecule has 1 N–H and O–H groups in total. The minimum atomic E-state index is -0.425. The number of benzene rings is 1. The van der Waals surface area contributed by atoms with Crippen LogP contribution in [-0.2, 0) is 4.79 Å². The topological polar surface area (TPSA) is 83.0 Å². The maximum absolute atomic E-state index is 12.8. The summed E-state index contributed by atoms with van der Waals surface area (Å²) in [4.78, 5) is 16.9. The summed E-state index contributed by atoms with van der Waals surface area (Å²) in [5, 5.41) is 16.5. The first-order valence-electron chi connectivity index (χ1n) is 10.4. The largest absolute Gasteiger partial charge is 0.495 e. The highest BCUT2D eigenvalue weighted by Crippen LogP contribution is 2.33. The molecule has 0 spiro atoms. The Balaban J connectivity index is 1.72. The van der Waals surface area contributed by atoms with Crippen molar-refractivity contribution in [2.75, 3.05) is 7.11 Å². The smallest absolute Gasteiger partial charge is 0.283 e. The van der Waals surface area contributed by atoms with Gasteiger partial charge in [-0.2, -0.15) is 15.1 Å². The van der Waals surface area contributed by atoms with Gasteiger partial charge in [0, 0.05) is 16.4 Å². The van der Waals surface area contributed by atoms with Crippen LogP contribution in [0, 0.1) is 19.3 Å². The van der Waals surface area contributed by atoms with E-state index in [-0.39, 0.29) is 11.4 Å². The van der Waals surface area contributed by atoms with E-state index in [1.54, 1.807) is 19.3 Å². The van der Waals surface area contributed by atoms with Crippen LogP contribution in [0.4, 0.5) is 0 Å². The Kier molecular flexibility index (Phi) is 6.26. The number of fused-ring (bicyclic) bond motifs is 1. The molecule has 3 heterocycles. The van der Waals surface area contributed by atoms with Gasteiger partial charge in [-0.05, 0) is 74.4 Å². The summed E-state index contributed by atoms with van der Waals surface area (Å²) in [6.45, 7) is 6.05. The predicted octanol–water partition coefficient (Wildman–Crippen LogP) is 5.57. The van der Waals surface area contributed by atoms with Gasteiger partial charge in [0.25, 0.3) is 5.91 Å². The molecule has 7 nitrogen and oxygen atoms in total. The number of amides is 1. The number of aromatic nitrogens is 1. The molecule has 0 aliphatic carbocycles. The molecular weight excluding hydrogens is 446 g/mol. The first-order chi connectivity index (χ1) is 15.3. The van der Waals surface area contributed by atoms with Crippen molar-refractivity contribution in [3.63, 3.8) is 0 Å². The second-order valence-corrected chi connectivity index (χ2v) is 9.07. The van der Waals surface area contributed by atoms with Crippen LogP contribution in [0.5, 0.6) is 5.75 Å². The summed E-state index contributed by atoms with van der Waals surface area (Å²) in [7, 11) is 1.62. The fourth-order valence-corrected chi connectivity index (χ4v) is 4.85. The standard InChI is InChI=1S/C23H24ClN5O2S/c1-5-6-7-20-27-29-21(25)17(22(30)26-23(29)32-20)11-15-10-13(2)28(14(15)3)18-12-16(24)8-9-19(18)31-4/h8-12,25H,5-7H2,1-4H3. The Labute approximate surface area is 196 Å². The summed E-state index contributed by atoms with van der Waals surface area (Å²) in [5.74, 6) is 0.309. The maximum atomic E-state index is 12.8. The van der Waals surface area contributed by atoms with E-state index in [0.717, 1.165) is 46.9 Å². The molecular formula is C23H24ClN5O2S. The fraction of sp³-hybridized carbons (Fsp3) is 0.304. The van der Waals surface area contributed by atoms with E-state index >= 15 is 0 Å². The lowest BCUT2D eigenvalue weighted by atomic mass is 10.1. The van der Waals surface area contributed by atoms with Gasteiger partial charge in [0.1, 0.15) is 10.8 Å². The first kappa shape index (κ1) is 22.4. The van der Waals surface area contributed by atoms with E-state index in [2.05, 4.69) is 17.0 Å². The molecule has 4 rings (SSSR count). The van der Waals surface area contributed by atoms with Crippen molar-refractivity contribution < 1.29 is 9.53 Å². The zero-order valence-electron chi connectivity index (χ0n) is 18.4. The fourth-order valence-electron chi connectivity index (χ4n) is 3.76. The van der Waals surface area contributed by atoms with E-state index in [1.165, 1.54) is 16.8 Å². The molecule has 9 heteroatoms. The van der Waals surface area contributed by atoms with Crippen LogP contribution in [0.3, 0.4) is 0 Å². The molecule has 0 atom stereocenters. The van der Waals surface area contributed by atoms with E-state index in [0.29, 0.717) is 15.9 Å². The Morgan fingerprint density at radius 2 is 2.06 bits per heavy atom. The Hall–Kier alpha value is -2.84. The van der Waals surface area contributed by atoms with Crippen molar-refractivity contribution in [3.05, 3.63) is 51.8 Å². The van der Waals surface area contributed by atoms with Gasteiger partial charge < -0.3 is 9.30 Å². The predicted molar refractivity (Wildman–Crippen MR) is 131 cm³/mol. The molecule has 0 fully saturated rings. The van der Waals surface area contributed by atoms with E-state index in [9.17, 15) is 4.79 Å². The number of hydrogen-bond donors (Lipinski definition) is 1. The number of unbranched alkanes of at least 4 members (excludes halogenated alkanes) is 1. The van der Waals surface area contributed by atoms with Gasteiger partial charge in [-0.15, -0.1) is 0 Å². The lowest BCUT2D eigenvalue weighted by molar-refractivity contribution is -0.114. The number of methoxy groups -OCH3 is 1. The molecule has 32 heavy (non-hydrogen) atoms. The van der Waals surface area contributed by atoms with Gasteiger partial charge in [0.15, 0.2) is 5.84 Å². The molecule has 0 saturated heterocycles. The zero-order chi connectivity index (χ0) is 23.0. The van der Waals surface area contributed by atoms with Gasteiger partial charge in [-0.25, -0.2) is 0 Å². The number of aliphatic imine (C=N–C) groups is 1. The summed E-state index contributed by atoms with van der Waals surface area (Å²) in [5.41, 5.74) is 3.69. The molecule has 1 aromatic carbocycles. The Bertz CT molecular complexity index is 1210. The molecule has 1 aromatic heterocycles. The maximum Gasteiger partial charge on any atom is 0.283 e. The van der Waals surface area contributed by atoms with Crippen LogP contribution in [-0.4, -0.2) is 38.6 Å². The number of hydrogen-bond acceptors (Lipinski definition) is 5. The van der Waals surface area contributed by atoms with Crippen LogP contribution in [0.15, 0.2) is 39.9 Å². The molecule has 0 saturated carbocycles. The average molecular weight is 470 g/mol. The molecule has 0 bridgehead atoms. The van der Waals surface area contributed by atoms with Crippen molar-refractivity contribution in [1.29, 1.82) is 5.41 Å². The first-order valence-corrected chi connectivity index (χ1v) is 11.6. The molecule has 2 aliphatic heterocycles. The van der Waals surface area contributed by atoms with Crippen molar-refractivity contribution in [2.45, 2.75) is 40.0 Å². The number of amidine groups is 2. The van der Waals surface area contributed by atoms with Crippen LogP contribution in [0.2, 0.25) is 5.02 Å². The highest BCUT2D eigenvalue weighted by molar-refractivity contribution is 8.26. The van der Waals surface area contributed by atoms with Crippen molar-refractivity contribution in [2.24, 2.45) is 10.1 Å². The number of carbonyl (C=O) groups is 1. The minimum absolute atomic E-state index is 0.0455. The second kappa shape index (κ2) is 8.96. The van der Waals surface area contributed by atoms with Gasteiger partial charge >= 0.3 is 0 Å². The SMILES string of the molecule is CCCCC1=NN2C(=N)C(=Cc3cc(C)n(-c4cc(Cl)ccc4OC)c3C)C(=O)N=C2S1. The van der Waals surface area contributed by atoms with Crippen LogP contribution >= 0.6 is 23.4 Å². The highest BCUT2D eigenvalue weighted by Gasteiger charge is 2.35. The number of rotatable bonds is 6. The number of halogens is 1. The summed E-state index contributed by atoms with van der Waals surface area (Å²) < 4.78 is 7.54. The van der Waals surface area contributed by atoms with Gasteiger partial charge in [0.05, 0.1) is 18.4 Å². The number of carbonyl (C=O) groups excluding carboxylic acids is 1. The molecule has 1 amide bonds. The molecule has 2 aliphatic rings.